The van der Waals surface area contributed by atoms with Crippen molar-refractivity contribution in [3.63, 3.8) is 0 Å². The summed E-state index contributed by atoms with van der Waals surface area (Å²) in [5.74, 6) is 0.839. The maximum absolute atomic E-state index is 3.77. The third kappa shape index (κ3) is 3.75. The van der Waals surface area contributed by atoms with Gasteiger partial charge in [0, 0.05) is 25.2 Å². The second-order valence-corrected chi connectivity index (χ2v) is 7.84. The number of nitrogens with one attached hydrogen (secondary N) is 1. The summed E-state index contributed by atoms with van der Waals surface area (Å²) >= 11 is 0. The van der Waals surface area contributed by atoms with Crippen LogP contribution in [0.25, 0.3) is 0 Å². The van der Waals surface area contributed by atoms with Crippen LogP contribution in [-0.4, -0.2) is 62.2 Å². The van der Waals surface area contributed by atoms with Crippen molar-refractivity contribution < 1.29 is 0 Å². The van der Waals surface area contributed by atoms with Gasteiger partial charge in [-0.15, -0.1) is 0 Å². The molecule has 0 spiro atoms. The zero-order valence-corrected chi connectivity index (χ0v) is 14.3. The zero-order chi connectivity index (χ0) is 14.8. The highest BCUT2D eigenvalue weighted by Gasteiger charge is 2.42. The molecule has 1 saturated heterocycles. The number of piperidine rings is 1. The maximum atomic E-state index is 3.77. The van der Waals surface area contributed by atoms with E-state index >= 15 is 0 Å². The molecule has 2 rings (SSSR count). The van der Waals surface area contributed by atoms with E-state index in [-0.39, 0.29) is 0 Å². The Labute approximate surface area is 126 Å². The standard InChI is InChI=1S/C17H35N3/c1-6-18-16-14(9-10-17(16,2)3)12-20-11-7-8-15(13-20)19(4)5/h14-16,18H,6-13H2,1-5H3. The molecule has 1 aliphatic heterocycles. The molecule has 3 unspecified atom stereocenters. The number of rotatable bonds is 5. The molecule has 20 heavy (non-hydrogen) atoms. The highest BCUT2D eigenvalue weighted by atomic mass is 15.2. The first-order valence-electron chi connectivity index (χ1n) is 8.56. The summed E-state index contributed by atoms with van der Waals surface area (Å²) < 4.78 is 0. The van der Waals surface area contributed by atoms with Crippen LogP contribution < -0.4 is 5.32 Å². The molecule has 0 aromatic rings. The number of nitrogens with zero attached hydrogens (tertiary/aromatic N) is 2. The number of likely N-dealkylation sites (N-methyl/N-ethyl adjacent to an activating group) is 1. The highest BCUT2D eigenvalue weighted by molar-refractivity contribution is 4.97. The lowest BCUT2D eigenvalue weighted by Crippen LogP contribution is -2.50. The van der Waals surface area contributed by atoms with Crippen molar-refractivity contribution in [2.24, 2.45) is 11.3 Å². The fraction of sp³-hybridized carbons (Fsp3) is 1.00. The third-order valence-electron chi connectivity index (χ3n) is 5.60. The van der Waals surface area contributed by atoms with E-state index in [2.05, 4.69) is 50.0 Å². The Bertz CT molecular complexity index is 301. The van der Waals surface area contributed by atoms with E-state index in [1.165, 1.54) is 45.3 Å². The van der Waals surface area contributed by atoms with Gasteiger partial charge in [0.15, 0.2) is 0 Å². The van der Waals surface area contributed by atoms with Crippen LogP contribution in [0.2, 0.25) is 0 Å². The van der Waals surface area contributed by atoms with E-state index in [4.69, 9.17) is 0 Å². The van der Waals surface area contributed by atoms with Crippen molar-refractivity contribution in [1.82, 2.24) is 15.1 Å². The van der Waals surface area contributed by atoms with Gasteiger partial charge in [0.25, 0.3) is 0 Å². The molecule has 3 nitrogen and oxygen atoms in total. The average molecular weight is 281 g/mol. The fourth-order valence-electron chi connectivity index (χ4n) is 4.33. The Balaban J connectivity index is 1.92. The monoisotopic (exact) mass is 281 g/mol. The Morgan fingerprint density at radius 3 is 2.65 bits per heavy atom. The van der Waals surface area contributed by atoms with Crippen molar-refractivity contribution in [2.45, 2.75) is 58.5 Å². The number of likely N-dealkylation sites (tertiary alicyclic amines) is 1. The lowest BCUT2D eigenvalue weighted by atomic mass is 9.84. The molecule has 3 heteroatoms. The molecular formula is C17H35N3. The molecule has 1 N–H and O–H groups in total. The van der Waals surface area contributed by atoms with Crippen LogP contribution in [0.5, 0.6) is 0 Å². The minimum atomic E-state index is 0.470. The van der Waals surface area contributed by atoms with E-state index in [1.807, 2.05) is 0 Å². The molecular weight excluding hydrogens is 246 g/mol. The summed E-state index contributed by atoms with van der Waals surface area (Å²) in [6.07, 6.45) is 5.51. The zero-order valence-electron chi connectivity index (χ0n) is 14.3. The van der Waals surface area contributed by atoms with Crippen LogP contribution >= 0.6 is 0 Å². The maximum Gasteiger partial charge on any atom is 0.0217 e. The molecule has 0 aromatic heterocycles. The molecule has 1 aliphatic carbocycles. The predicted octanol–water partition coefficient (Wildman–Crippen LogP) is 2.43. The SMILES string of the molecule is CCNC1C(CN2CCCC(N(C)C)C2)CCC1(C)C. The first-order chi connectivity index (χ1) is 9.44. The van der Waals surface area contributed by atoms with Crippen molar-refractivity contribution in [2.75, 3.05) is 40.3 Å². The molecule has 0 amide bonds. The Morgan fingerprint density at radius 2 is 2.00 bits per heavy atom. The smallest absolute Gasteiger partial charge is 0.0217 e. The van der Waals surface area contributed by atoms with E-state index in [0.29, 0.717) is 11.5 Å². The van der Waals surface area contributed by atoms with Crippen molar-refractivity contribution in [3.05, 3.63) is 0 Å². The van der Waals surface area contributed by atoms with Gasteiger partial charge in [-0.05, 0) is 64.2 Å². The predicted molar refractivity (Wildman–Crippen MR) is 87.1 cm³/mol. The van der Waals surface area contributed by atoms with Gasteiger partial charge >= 0.3 is 0 Å². The Hall–Kier alpha value is -0.120. The largest absolute Gasteiger partial charge is 0.313 e. The van der Waals surface area contributed by atoms with E-state index < -0.39 is 0 Å². The molecule has 2 aliphatic rings. The van der Waals surface area contributed by atoms with Gasteiger partial charge < -0.3 is 15.1 Å². The quantitative estimate of drug-likeness (QED) is 0.835. The number of hydrogen-bond donors (Lipinski definition) is 1. The molecule has 0 aromatic carbocycles. The first kappa shape index (κ1) is 16.3. The van der Waals surface area contributed by atoms with Gasteiger partial charge in [-0.25, -0.2) is 0 Å². The summed E-state index contributed by atoms with van der Waals surface area (Å²) in [6.45, 7) is 12.1. The van der Waals surface area contributed by atoms with Gasteiger partial charge in [-0.3, -0.25) is 0 Å². The average Bonchev–Trinajstić information content (AvgIpc) is 2.67. The van der Waals surface area contributed by atoms with Crippen molar-refractivity contribution in [1.29, 1.82) is 0 Å². The minimum Gasteiger partial charge on any atom is -0.313 e. The Morgan fingerprint density at radius 1 is 1.25 bits per heavy atom. The molecule has 0 bridgehead atoms. The summed E-state index contributed by atoms with van der Waals surface area (Å²) in [5.41, 5.74) is 0.470. The van der Waals surface area contributed by atoms with Crippen LogP contribution in [0.15, 0.2) is 0 Å². The summed E-state index contributed by atoms with van der Waals surface area (Å²) in [5, 5.41) is 3.77. The number of hydrogen-bond acceptors (Lipinski definition) is 3. The van der Waals surface area contributed by atoms with E-state index in [9.17, 15) is 0 Å². The van der Waals surface area contributed by atoms with Gasteiger partial charge in [-0.2, -0.15) is 0 Å². The molecule has 2 fully saturated rings. The molecule has 0 radical (unpaired) electrons. The lowest BCUT2D eigenvalue weighted by Gasteiger charge is -2.39. The molecule has 1 heterocycles. The second-order valence-electron chi connectivity index (χ2n) is 7.84. The van der Waals surface area contributed by atoms with Gasteiger partial charge in [0.05, 0.1) is 0 Å². The molecule has 3 atom stereocenters. The molecule has 1 saturated carbocycles. The fourth-order valence-corrected chi connectivity index (χ4v) is 4.33. The van der Waals surface area contributed by atoms with Crippen molar-refractivity contribution >= 4 is 0 Å². The van der Waals surface area contributed by atoms with E-state index in [1.54, 1.807) is 0 Å². The molecule has 118 valence electrons. The van der Waals surface area contributed by atoms with Gasteiger partial charge in [0.2, 0.25) is 0 Å². The van der Waals surface area contributed by atoms with Gasteiger partial charge in [0.1, 0.15) is 0 Å². The van der Waals surface area contributed by atoms with E-state index in [0.717, 1.165) is 18.5 Å². The van der Waals surface area contributed by atoms with Crippen LogP contribution in [0.3, 0.4) is 0 Å². The normalized spacial score (nSPS) is 34.8. The van der Waals surface area contributed by atoms with Crippen LogP contribution in [-0.2, 0) is 0 Å². The van der Waals surface area contributed by atoms with Crippen LogP contribution in [0.4, 0.5) is 0 Å². The topological polar surface area (TPSA) is 18.5 Å². The first-order valence-corrected chi connectivity index (χ1v) is 8.56. The summed E-state index contributed by atoms with van der Waals surface area (Å²) in [4.78, 5) is 5.14. The lowest BCUT2D eigenvalue weighted by molar-refractivity contribution is 0.108. The minimum absolute atomic E-state index is 0.470. The third-order valence-corrected chi connectivity index (χ3v) is 5.60. The summed E-state index contributed by atoms with van der Waals surface area (Å²) in [7, 11) is 4.46. The second kappa shape index (κ2) is 6.76. The van der Waals surface area contributed by atoms with Crippen LogP contribution in [0.1, 0.15) is 46.5 Å². The van der Waals surface area contributed by atoms with Gasteiger partial charge in [-0.1, -0.05) is 20.8 Å². The van der Waals surface area contributed by atoms with Crippen molar-refractivity contribution in [3.8, 4) is 0 Å². The van der Waals surface area contributed by atoms with Crippen LogP contribution in [0, 0.1) is 11.3 Å². The highest BCUT2D eigenvalue weighted by Crippen LogP contribution is 2.41. The Kier molecular flexibility index (Phi) is 5.49. The summed E-state index contributed by atoms with van der Waals surface area (Å²) in [6, 6.07) is 1.46.